The molecule has 2 aliphatic carbocycles. The first kappa shape index (κ1) is 12.5. The molecule has 0 spiro atoms. The van der Waals surface area contributed by atoms with Crippen molar-refractivity contribution >= 4 is 7.72 Å². The molecule has 3 N–H and O–H groups in total. The number of hydrogen-bond donors (Lipinski definition) is 3. The van der Waals surface area contributed by atoms with E-state index in [0.29, 0.717) is 12.8 Å². The van der Waals surface area contributed by atoms with Crippen LogP contribution in [0.5, 0.6) is 0 Å². The third-order valence-corrected chi connectivity index (χ3v) is 6.72. The van der Waals surface area contributed by atoms with Crippen LogP contribution in [-0.4, -0.2) is 20.2 Å². The Kier molecular flexibility index (Phi) is 3.70. The highest BCUT2D eigenvalue weighted by molar-refractivity contribution is 7.70. The molecule has 0 amide bonds. The van der Waals surface area contributed by atoms with Crippen LogP contribution in [0.15, 0.2) is 11.4 Å². The zero-order chi connectivity index (χ0) is 11.6. The van der Waals surface area contributed by atoms with Gasteiger partial charge in [-0.2, -0.15) is 0 Å². The van der Waals surface area contributed by atoms with Crippen LogP contribution in [0, 0.1) is 0 Å². The zero-order valence-electron chi connectivity index (χ0n) is 9.73. The van der Waals surface area contributed by atoms with E-state index >= 15 is 0 Å². The highest BCUT2D eigenvalue weighted by Crippen LogP contribution is 2.72. The van der Waals surface area contributed by atoms with Gasteiger partial charge in [0.1, 0.15) is 5.31 Å². The lowest BCUT2D eigenvalue weighted by Crippen LogP contribution is -2.35. The molecule has 0 saturated heterocycles. The smallest absolute Gasteiger partial charge is 0.328 e. The van der Waals surface area contributed by atoms with Gasteiger partial charge in [-0.15, -0.1) is 0 Å². The zero-order valence-corrected chi connectivity index (χ0v) is 10.6. The second-order valence-electron chi connectivity index (χ2n) is 5.09. The van der Waals surface area contributed by atoms with Gasteiger partial charge in [0.2, 0.25) is 5.34 Å². The van der Waals surface area contributed by atoms with Gasteiger partial charge in [0.25, 0.3) is 0 Å². The van der Waals surface area contributed by atoms with Gasteiger partial charge >= 0.3 is 7.72 Å². The van der Waals surface area contributed by atoms with E-state index in [1.807, 2.05) is 6.08 Å². The van der Waals surface area contributed by atoms with Gasteiger partial charge in [0.15, 0.2) is 0 Å². The minimum absolute atomic E-state index is 0.547. The van der Waals surface area contributed by atoms with Gasteiger partial charge in [0, 0.05) is 19.3 Å². The number of hydrogen-bond acceptors (Lipinski definition) is 3. The third kappa shape index (κ3) is 2.19. The van der Waals surface area contributed by atoms with E-state index in [1.165, 1.54) is 0 Å². The SMILES string of the molecule is OC1([P+](O)(O)C2=CCCCC2)CCCCC1. The quantitative estimate of drug-likeness (QED) is 0.655. The summed E-state index contributed by atoms with van der Waals surface area (Å²) in [6.45, 7) is 0. The molecule has 0 bridgehead atoms. The predicted octanol–water partition coefficient (Wildman–Crippen LogP) is 2.93. The van der Waals surface area contributed by atoms with E-state index in [4.69, 9.17) is 0 Å². The van der Waals surface area contributed by atoms with E-state index in [1.54, 1.807) is 0 Å². The summed E-state index contributed by atoms with van der Waals surface area (Å²) < 4.78 is 0. The maximum absolute atomic E-state index is 10.5. The highest BCUT2D eigenvalue weighted by Gasteiger charge is 2.59. The maximum atomic E-state index is 10.5. The summed E-state index contributed by atoms with van der Waals surface area (Å²) in [4.78, 5) is 20.7. The van der Waals surface area contributed by atoms with E-state index in [2.05, 4.69) is 0 Å². The fraction of sp³-hybridized carbons (Fsp3) is 0.833. The van der Waals surface area contributed by atoms with Crippen molar-refractivity contribution in [2.45, 2.75) is 63.1 Å². The van der Waals surface area contributed by atoms with Crippen molar-refractivity contribution in [3.8, 4) is 0 Å². The molecule has 2 aliphatic rings. The maximum Gasteiger partial charge on any atom is 0.328 e. The fourth-order valence-corrected chi connectivity index (χ4v) is 5.13. The summed E-state index contributed by atoms with van der Waals surface area (Å²) in [6, 6.07) is 0. The summed E-state index contributed by atoms with van der Waals surface area (Å²) in [5.41, 5.74) is 0. The predicted molar refractivity (Wildman–Crippen MR) is 65.9 cm³/mol. The van der Waals surface area contributed by atoms with Crippen molar-refractivity contribution in [2.75, 3.05) is 0 Å². The molecule has 1 fully saturated rings. The molecule has 0 atom stereocenters. The topological polar surface area (TPSA) is 60.7 Å². The van der Waals surface area contributed by atoms with Crippen molar-refractivity contribution in [1.29, 1.82) is 0 Å². The monoisotopic (exact) mass is 245 g/mol. The lowest BCUT2D eigenvalue weighted by molar-refractivity contribution is 0.0632. The van der Waals surface area contributed by atoms with Crippen LogP contribution in [0.3, 0.4) is 0 Å². The molecule has 0 heterocycles. The van der Waals surface area contributed by atoms with Gasteiger partial charge in [-0.05, 0) is 38.2 Å². The van der Waals surface area contributed by atoms with Crippen molar-refractivity contribution in [2.24, 2.45) is 0 Å². The Morgan fingerprint density at radius 1 is 1.00 bits per heavy atom. The molecule has 0 unspecified atom stereocenters. The van der Waals surface area contributed by atoms with Crippen molar-refractivity contribution < 1.29 is 14.9 Å². The molecule has 0 aromatic carbocycles. The standard InChI is InChI=1S/C12H22O3P/c13-12(9-5-2-6-10-12)16(14,15)11-7-3-1-4-8-11/h7,13-15H,1-6,8-10H2/q+1. The molecular formula is C12H22O3P+. The fourth-order valence-electron chi connectivity index (χ4n) is 2.80. The second-order valence-corrected chi connectivity index (χ2v) is 7.69. The Balaban J connectivity index is 2.18. The minimum Gasteiger partial charge on any atom is -0.352 e. The average Bonchev–Trinajstić information content (AvgIpc) is 2.31. The van der Waals surface area contributed by atoms with Crippen LogP contribution in [0.1, 0.15) is 57.8 Å². The van der Waals surface area contributed by atoms with Gasteiger partial charge in [-0.25, -0.2) is 9.79 Å². The van der Waals surface area contributed by atoms with Crippen LogP contribution in [-0.2, 0) is 0 Å². The highest BCUT2D eigenvalue weighted by atomic mass is 31.2. The van der Waals surface area contributed by atoms with Gasteiger partial charge in [-0.1, -0.05) is 6.42 Å². The third-order valence-electron chi connectivity index (χ3n) is 3.90. The van der Waals surface area contributed by atoms with Crippen LogP contribution in [0.4, 0.5) is 0 Å². The summed E-state index contributed by atoms with van der Waals surface area (Å²) in [6.07, 6.45) is 9.78. The van der Waals surface area contributed by atoms with Crippen LogP contribution in [0.25, 0.3) is 0 Å². The number of rotatable bonds is 2. The molecule has 0 radical (unpaired) electrons. The van der Waals surface area contributed by atoms with Crippen LogP contribution in [0.2, 0.25) is 0 Å². The molecule has 1 saturated carbocycles. The first-order chi connectivity index (χ1) is 7.56. The lowest BCUT2D eigenvalue weighted by atomic mass is 9.97. The first-order valence-corrected chi connectivity index (χ1v) is 8.02. The van der Waals surface area contributed by atoms with E-state index < -0.39 is 13.1 Å². The molecule has 16 heavy (non-hydrogen) atoms. The van der Waals surface area contributed by atoms with Crippen molar-refractivity contribution in [3.05, 3.63) is 11.4 Å². The van der Waals surface area contributed by atoms with Gasteiger partial charge in [0.05, 0.1) is 0 Å². The van der Waals surface area contributed by atoms with E-state index in [-0.39, 0.29) is 0 Å². The van der Waals surface area contributed by atoms with E-state index in [9.17, 15) is 14.9 Å². The lowest BCUT2D eigenvalue weighted by Gasteiger charge is -2.35. The number of aliphatic hydroxyl groups is 1. The Hall–Kier alpha value is 0.0500. The molecule has 0 aromatic heterocycles. The average molecular weight is 245 g/mol. The Morgan fingerprint density at radius 3 is 2.25 bits per heavy atom. The van der Waals surface area contributed by atoms with Gasteiger partial charge in [-0.3, -0.25) is 0 Å². The first-order valence-electron chi connectivity index (χ1n) is 6.33. The summed E-state index contributed by atoms with van der Waals surface area (Å²) >= 11 is 0. The Morgan fingerprint density at radius 2 is 1.69 bits per heavy atom. The Labute approximate surface area is 97.7 Å². The molecule has 92 valence electrons. The van der Waals surface area contributed by atoms with Gasteiger partial charge < -0.3 is 5.11 Å². The van der Waals surface area contributed by atoms with E-state index in [0.717, 1.165) is 50.3 Å². The molecule has 4 heteroatoms. The largest absolute Gasteiger partial charge is 0.352 e. The number of allylic oxidation sites excluding steroid dienone is 2. The normalized spacial score (nSPS) is 26.3. The van der Waals surface area contributed by atoms with Crippen molar-refractivity contribution in [3.63, 3.8) is 0 Å². The van der Waals surface area contributed by atoms with Crippen LogP contribution >= 0.6 is 7.72 Å². The molecule has 0 aliphatic heterocycles. The Bertz CT molecular complexity index is 280. The summed E-state index contributed by atoms with van der Waals surface area (Å²) in [5, 5.41) is 9.98. The molecular weight excluding hydrogens is 223 g/mol. The van der Waals surface area contributed by atoms with Crippen LogP contribution < -0.4 is 0 Å². The minimum atomic E-state index is -3.29. The summed E-state index contributed by atoms with van der Waals surface area (Å²) in [7, 11) is -3.29. The molecule has 2 rings (SSSR count). The molecule has 0 aromatic rings. The second kappa shape index (κ2) is 4.73. The molecule has 3 nitrogen and oxygen atoms in total. The summed E-state index contributed by atoms with van der Waals surface area (Å²) in [5.74, 6) is 0. The van der Waals surface area contributed by atoms with Crippen molar-refractivity contribution in [1.82, 2.24) is 0 Å².